The topological polar surface area (TPSA) is 154 Å². The number of carbonyl (C=O) groups excluding carboxylic acids is 2. The third-order valence-corrected chi connectivity index (χ3v) is 4.32. The van der Waals surface area contributed by atoms with Gasteiger partial charge in [0.05, 0.1) is 18.8 Å². The van der Waals surface area contributed by atoms with Gasteiger partial charge in [0.15, 0.2) is 11.5 Å². The zero-order valence-corrected chi connectivity index (χ0v) is 16.6. The standard InChI is InChI=1S/C19H22N6O5/c1-3-28-18(26)11-5-7-12(8-6-11)21-10-13-14(9-15-17(20)25-30-24-15)22-23-16(13)19(27)29-4-2/h5-8,14,21H,3-4,9-10H2,1-2H3,(H2,20,25). The highest BCUT2D eigenvalue weighted by atomic mass is 16.6. The molecular weight excluding hydrogens is 392 g/mol. The highest BCUT2D eigenvalue weighted by molar-refractivity contribution is 5.90. The average molecular weight is 414 g/mol. The summed E-state index contributed by atoms with van der Waals surface area (Å²) in [7, 11) is 0. The number of nitrogens with one attached hydrogen (secondary N) is 1. The summed E-state index contributed by atoms with van der Waals surface area (Å²) >= 11 is 0. The first-order valence-electron chi connectivity index (χ1n) is 9.42. The van der Waals surface area contributed by atoms with Crippen LogP contribution in [-0.2, 0) is 20.7 Å². The lowest BCUT2D eigenvalue weighted by Gasteiger charge is -2.14. The molecule has 1 aromatic heterocycles. The zero-order chi connectivity index (χ0) is 21.5. The van der Waals surface area contributed by atoms with Crippen LogP contribution in [-0.4, -0.2) is 48.1 Å². The van der Waals surface area contributed by atoms with Crippen molar-refractivity contribution in [2.75, 3.05) is 30.8 Å². The average Bonchev–Trinajstić information content (AvgIpc) is 3.33. The Hall–Kier alpha value is -3.76. The number of nitrogens with zero attached hydrogens (tertiary/aromatic N) is 4. The van der Waals surface area contributed by atoms with Crippen molar-refractivity contribution in [2.45, 2.75) is 26.3 Å². The maximum Gasteiger partial charge on any atom is 0.358 e. The van der Waals surface area contributed by atoms with E-state index in [2.05, 4.69) is 30.5 Å². The fourth-order valence-corrected chi connectivity index (χ4v) is 2.83. The molecule has 0 spiro atoms. The lowest BCUT2D eigenvalue weighted by molar-refractivity contribution is -0.138. The summed E-state index contributed by atoms with van der Waals surface area (Å²) in [4.78, 5) is 24.0. The largest absolute Gasteiger partial charge is 0.462 e. The number of hydrogen-bond acceptors (Lipinski definition) is 11. The minimum atomic E-state index is -0.551. The van der Waals surface area contributed by atoms with Crippen molar-refractivity contribution in [1.82, 2.24) is 10.3 Å². The summed E-state index contributed by atoms with van der Waals surface area (Å²) in [6.07, 6.45) is 0.278. The predicted octanol–water partition coefficient (Wildman–Crippen LogP) is 2.13. The number of nitrogen functional groups attached to an aromatic ring is 1. The molecule has 1 aliphatic heterocycles. The highest BCUT2D eigenvalue weighted by Gasteiger charge is 2.30. The molecule has 0 bridgehead atoms. The molecule has 30 heavy (non-hydrogen) atoms. The molecule has 0 aliphatic carbocycles. The molecule has 0 saturated carbocycles. The van der Waals surface area contributed by atoms with Crippen molar-refractivity contribution >= 4 is 23.4 Å². The van der Waals surface area contributed by atoms with Gasteiger partial charge in [-0.15, -0.1) is 5.11 Å². The lowest BCUT2D eigenvalue weighted by atomic mass is 10.0. The number of esters is 2. The molecule has 3 rings (SSSR count). The summed E-state index contributed by atoms with van der Waals surface area (Å²) in [6, 6.07) is 6.33. The Morgan fingerprint density at radius 1 is 1.10 bits per heavy atom. The quantitative estimate of drug-likeness (QED) is 0.587. The Labute approximate surface area is 172 Å². The van der Waals surface area contributed by atoms with E-state index in [0.717, 1.165) is 5.69 Å². The van der Waals surface area contributed by atoms with Gasteiger partial charge in [-0.3, -0.25) is 0 Å². The molecule has 2 aromatic rings. The minimum Gasteiger partial charge on any atom is -0.462 e. The van der Waals surface area contributed by atoms with Gasteiger partial charge in [0, 0.05) is 24.2 Å². The Morgan fingerprint density at radius 3 is 2.43 bits per heavy atom. The van der Waals surface area contributed by atoms with Crippen LogP contribution in [0, 0.1) is 0 Å². The smallest absolute Gasteiger partial charge is 0.358 e. The number of nitrogens with two attached hydrogens (primary N) is 1. The van der Waals surface area contributed by atoms with Crippen molar-refractivity contribution in [3.05, 3.63) is 46.8 Å². The summed E-state index contributed by atoms with van der Waals surface area (Å²) < 4.78 is 14.7. The van der Waals surface area contributed by atoms with Gasteiger partial charge in [-0.05, 0) is 43.3 Å². The molecule has 0 amide bonds. The van der Waals surface area contributed by atoms with Gasteiger partial charge in [0.2, 0.25) is 0 Å². The van der Waals surface area contributed by atoms with Crippen LogP contribution in [0.5, 0.6) is 0 Å². The molecule has 1 aromatic carbocycles. The normalized spacial score (nSPS) is 15.3. The van der Waals surface area contributed by atoms with Crippen LogP contribution < -0.4 is 11.1 Å². The first-order valence-corrected chi connectivity index (χ1v) is 9.42. The lowest BCUT2D eigenvalue weighted by Crippen LogP contribution is -2.20. The maximum atomic E-state index is 12.3. The second-order valence-corrected chi connectivity index (χ2v) is 6.28. The van der Waals surface area contributed by atoms with Gasteiger partial charge >= 0.3 is 11.9 Å². The van der Waals surface area contributed by atoms with Crippen molar-refractivity contribution in [1.29, 1.82) is 0 Å². The number of azo groups is 1. The van der Waals surface area contributed by atoms with E-state index in [4.69, 9.17) is 15.2 Å². The molecule has 1 unspecified atom stereocenters. The van der Waals surface area contributed by atoms with E-state index in [1.165, 1.54) is 0 Å². The monoisotopic (exact) mass is 414 g/mol. The highest BCUT2D eigenvalue weighted by Crippen LogP contribution is 2.27. The fourth-order valence-electron chi connectivity index (χ4n) is 2.83. The molecule has 158 valence electrons. The number of aromatic nitrogens is 2. The van der Waals surface area contributed by atoms with Gasteiger partial charge in [0.25, 0.3) is 0 Å². The van der Waals surface area contributed by atoms with E-state index in [-0.39, 0.29) is 37.1 Å². The maximum absolute atomic E-state index is 12.3. The van der Waals surface area contributed by atoms with Gasteiger partial charge in [-0.25, -0.2) is 14.2 Å². The number of anilines is 2. The third kappa shape index (κ3) is 4.80. The van der Waals surface area contributed by atoms with Crippen LogP contribution >= 0.6 is 0 Å². The van der Waals surface area contributed by atoms with Gasteiger partial charge in [-0.2, -0.15) is 5.11 Å². The Bertz CT molecular complexity index is 966. The van der Waals surface area contributed by atoms with E-state index in [1.807, 2.05) is 0 Å². The Balaban J connectivity index is 1.74. The van der Waals surface area contributed by atoms with Crippen molar-refractivity contribution in [3.8, 4) is 0 Å². The van der Waals surface area contributed by atoms with E-state index >= 15 is 0 Å². The van der Waals surface area contributed by atoms with Gasteiger partial charge in [0.1, 0.15) is 11.7 Å². The minimum absolute atomic E-state index is 0.146. The van der Waals surface area contributed by atoms with Gasteiger partial charge in [-0.1, -0.05) is 5.16 Å². The van der Waals surface area contributed by atoms with Crippen LogP contribution in [0.25, 0.3) is 0 Å². The zero-order valence-electron chi connectivity index (χ0n) is 16.6. The number of benzene rings is 1. The predicted molar refractivity (Wildman–Crippen MR) is 106 cm³/mol. The van der Waals surface area contributed by atoms with Crippen molar-refractivity contribution < 1.29 is 23.7 Å². The Morgan fingerprint density at radius 2 is 1.80 bits per heavy atom. The number of ether oxygens (including phenoxy) is 2. The Kier molecular flexibility index (Phi) is 6.73. The third-order valence-electron chi connectivity index (χ3n) is 4.32. The van der Waals surface area contributed by atoms with Crippen LogP contribution in [0.1, 0.15) is 29.9 Å². The molecule has 0 saturated heterocycles. The molecule has 1 aliphatic rings. The second kappa shape index (κ2) is 9.63. The van der Waals surface area contributed by atoms with Gasteiger partial charge < -0.3 is 20.5 Å². The van der Waals surface area contributed by atoms with Crippen LogP contribution in [0.4, 0.5) is 11.5 Å². The van der Waals surface area contributed by atoms with Crippen LogP contribution in [0.15, 0.2) is 50.4 Å². The van der Waals surface area contributed by atoms with E-state index in [1.54, 1.807) is 38.1 Å². The molecule has 1 atom stereocenters. The summed E-state index contributed by atoms with van der Waals surface area (Å²) in [5, 5.41) is 18.7. The first-order chi connectivity index (χ1) is 14.5. The first kappa shape index (κ1) is 21.0. The summed E-state index contributed by atoms with van der Waals surface area (Å²) in [5.41, 5.74) is 8.13. The van der Waals surface area contributed by atoms with Crippen molar-refractivity contribution in [3.63, 3.8) is 0 Å². The molecule has 2 heterocycles. The van der Waals surface area contributed by atoms with E-state index in [0.29, 0.717) is 23.4 Å². The number of hydrogen-bond donors (Lipinski definition) is 2. The second-order valence-electron chi connectivity index (χ2n) is 6.28. The van der Waals surface area contributed by atoms with Crippen molar-refractivity contribution in [2.24, 2.45) is 10.2 Å². The molecular formula is C19H22N6O5. The van der Waals surface area contributed by atoms with Crippen LogP contribution in [0.2, 0.25) is 0 Å². The summed E-state index contributed by atoms with van der Waals surface area (Å²) in [5.74, 6) is -0.773. The molecule has 11 nitrogen and oxygen atoms in total. The SMILES string of the molecule is CCOC(=O)C1=C(CNc2ccc(C(=O)OCC)cc2)C(Cc2nonc2N)N=N1. The molecule has 0 fully saturated rings. The fraction of sp³-hybridized carbons (Fsp3) is 0.368. The molecule has 3 N–H and O–H groups in total. The number of carbonyl (C=O) groups is 2. The van der Waals surface area contributed by atoms with E-state index < -0.39 is 12.0 Å². The number of rotatable bonds is 9. The molecule has 11 heteroatoms. The van der Waals surface area contributed by atoms with E-state index in [9.17, 15) is 9.59 Å². The summed E-state index contributed by atoms with van der Waals surface area (Å²) in [6.45, 7) is 4.27. The van der Waals surface area contributed by atoms with Crippen LogP contribution in [0.3, 0.4) is 0 Å². The molecule has 0 radical (unpaired) electrons.